The van der Waals surface area contributed by atoms with Crippen molar-refractivity contribution in [2.75, 3.05) is 0 Å². The zero-order valence-electron chi connectivity index (χ0n) is 21.1. The summed E-state index contributed by atoms with van der Waals surface area (Å²) in [5, 5.41) is 14.5. The Balaban J connectivity index is 1.61. The van der Waals surface area contributed by atoms with Crippen LogP contribution in [0.25, 0.3) is 10.4 Å². The predicted molar refractivity (Wildman–Crippen MR) is 142 cm³/mol. The van der Waals surface area contributed by atoms with E-state index in [1.165, 1.54) is 0 Å². The van der Waals surface area contributed by atoms with Crippen molar-refractivity contribution >= 4 is 29.1 Å². The lowest BCUT2D eigenvalue weighted by molar-refractivity contribution is -0.138. The van der Waals surface area contributed by atoms with Gasteiger partial charge >= 0.3 is 5.97 Å². The average Bonchev–Trinajstić information content (AvgIpc) is 3.42. The van der Waals surface area contributed by atoms with Crippen LogP contribution >= 0.6 is 11.3 Å². The molecule has 1 unspecified atom stereocenters. The van der Waals surface area contributed by atoms with Crippen molar-refractivity contribution in [3.05, 3.63) is 81.7 Å². The molecule has 0 fully saturated rings. The van der Waals surface area contributed by atoms with E-state index in [0.717, 1.165) is 32.7 Å². The van der Waals surface area contributed by atoms with E-state index in [1.54, 1.807) is 22.3 Å². The molecule has 2 aromatic carbocycles. The molecule has 2 atom stereocenters. The van der Waals surface area contributed by atoms with Gasteiger partial charge in [-0.1, -0.05) is 50.2 Å². The van der Waals surface area contributed by atoms with E-state index >= 15 is 0 Å². The smallest absolute Gasteiger partial charge is 0.305 e. The molecule has 2 heterocycles. The molecule has 3 aromatic rings. The molecule has 2 N–H and O–H groups in total. The van der Waals surface area contributed by atoms with E-state index in [1.807, 2.05) is 49.6 Å². The molecule has 0 bridgehead atoms. The number of benzene rings is 2. The van der Waals surface area contributed by atoms with Crippen LogP contribution in [0.1, 0.15) is 65.3 Å². The van der Waals surface area contributed by atoms with Crippen molar-refractivity contribution in [1.29, 1.82) is 0 Å². The monoisotopic (exact) mass is 504 g/mol. The van der Waals surface area contributed by atoms with E-state index < -0.39 is 18.1 Å². The third-order valence-electron chi connectivity index (χ3n) is 6.67. The average molecular weight is 505 g/mol. The highest BCUT2D eigenvalue weighted by molar-refractivity contribution is 7.13. The molecule has 0 saturated carbocycles. The van der Waals surface area contributed by atoms with Crippen LogP contribution in [-0.2, 0) is 16.1 Å². The van der Waals surface area contributed by atoms with Crippen LogP contribution in [0.5, 0.6) is 0 Å². The SMILES string of the molecule is Cc1cccc(C)c1-c1cc(C(CC(=O)O)NC(=O)[C@H](CC(C)C)N2Cc3ccccc3C2=O)cs1. The lowest BCUT2D eigenvalue weighted by Gasteiger charge is -2.30. The minimum Gasteiger partial charge on any atom is -0.481 e. The maximum absolute atomic E-state index is 13.6. The van der Waals surface area contributed by atoms with Crippen molar-refractivity contribution in [3.8, 4) is 10.4 Å². The molecule has 0 aliphatic carbocycles. The molecule has 1 aliphatic heterocycles. The van der Waals surface area contributed by atoms with Gasteiger partial charge in [0.2, 0.25) is 5.91 Å². The first-order chi connectivity index (χ1) is 17.2. The van der Waals surface area contributed by atoms with Crippen LogP contribution in [-0.4, -0.2) is 33.8 Å². The second kappa shape index (κ2) is 10.7. The topological polar surface area (TPSA) is 86.7 Å². The predicted octanol–water partition coefficient (Wildman–Crippen LogP) is 5.73. The zero-order chi connectivity index (χ0) is 26.0. The summed E-state index contributed by atoms with van der Waals surface area (Å²) >= 11 is 1.54. The first-order valence-electron chi connectivity index (χ1n) is 12.2. The van der Waals surface area contributed by atoms with Gasteiger partial charge in [0.05, 0.1) is 12.5 Å². The number of aryl methyl sites for hydroxylation is 2. The number of aliphatic carboxylic acids is 1. The highest BCUT2D eigenvalue weighted by Gasteiger charge is 2.37. The lowest BCUT2D eigenvalue weighted by Crippen LogP contribution is -2.48. The van der Waals surface area contributed by atoms with Crippen LogP contribution in [0, 0.1) is 19.8 Å². The number of hydrogen-bond acceptors (Lipinski definition) is 4. The Kier molecular flexibility index (Phi) is 7.59. The van der Waals surface area contributed by atoms with Crippen molar-refractivity contribution in [1.82, 2.24) is 10.2 Å². The molecule has 0 saturated heterocycles. The summed E-state index contributed by atoms with van der Waals surface area (Å²) < 4.78 is 0. The summed E-state index contributed by atoms with van der Waals surface area (Å²) in [5.74, 6) is -1.30. The van der Waals surface area contributed by atoms with Gasteiger partial charge in [0, 0.05) is 17.0 Å². The highest BCUT2D eigenvalue weighted by Crippen LogP contribution is 2.35. The molecular formula is C29H32N2O4S. The number of carbonyl (C=O) groups excluding carboxylic acids is 2. The number of fused-ring (bicyclic) bond motifs is 1. The molecule has 0 radical (unpaired) electrons. The quantitative estimate of drug-likeness (QED) is 0.389. The summed E-state index contributed by atoms with van der Waals surface area (Å²) in [4.78, 5) is 41.1. The van der Waals surface area contributed by atoms with Gasteiger partial charge in [0.1, 0.15) is 6.04 Å². The van der Waals surface area contributed by atoms with Gasteiger partial charge in [0.15, 0.2) is 0 Å². The molecular weight excluding hydrogens is 472 g/mol. The van der Waals surface area contributed by atoms with E-state index in [0.29, 0.717) is 18.5 Å². The molecule has 36 heavy (non-hydrogen) atoms. The molecule has 7 heteroatoms. The zero-order valence-corrected chi connectivity index (χ0v) is 21.9. The lowest BCUT2D eigenvalue weighted by atomic mass is 9.98. The summed E-state index contributed by atoms with van der Waals surface area (Å²) in [7, 11) is 0. The molecule has 1 aromatic heterocycles. The maximum atomic E-state index is 13.6. The second-order valence-corrected chi connectivity index (χ2v) is 10.8. The molecule has 0 spiro atoms. The molecule has 1 aliphatic rings. The minimum atomic E-state index is -0.995. The normalized spacial score (nSPS) is 14.6. The van der Waals surface area contributed by atoms with Gasteiger partial charge in [-0.15, -0.1) is 11.3 Å². The number of thiophene rings is 1. The van der Waals surface area contributed by atoms with Crippen molar-refractivity contribution in [2.45, 2.75) is 59.2 Å². The summed E-state index contributed by atoms with van der Waals surface area (Å²) in [6.07, 6.45) is 0.250. The van der Waals surface area contributed by atoms with Crippen molar-refractivity contribution in [2.24, 2.45) is 5.92 Å². The highest BCUT2D eigenvalue weighted by atomic mass is 32.1. The molecule has 188 valence electrons. The summed E-state index contributed by atoms with van der Waals surface area (Å²) in [6.45, 7) is 8.51. The van der Waals surface area contributed by atoms with Gasteiger partial charge < -0.3 is 15.3 Å². The van der Waals surface area contributed by atoms with Crippen LogP contribution in [0.3, 0.4) is 0 Å². The fourth-order valence-corrected chi connectivity index (χ4v) is 6.05. The third-order valence-corrected chi connectivity index (χ3v) is 7.63. The number of rotatable bonds is 9. The fraction of sp³-hybridized carbons (Fsp3) is 0.345. The Morgan fingerprint density at radius 2 is 1.78 bits per heavy atom. The van der Waals surface area contributed by atoms with Crippen LogP contribution < -0.4 is 5.32 Å². The minimum absolute atomic E-state index is 0.158. The van der Waals surface area contributed by atoms with E-state index in [-0.39, 0.29) is 24.2 Å². The number of amides is 2. The van der Waals surface area contributed by atoms with Gasteiger partial charge in [0.25, 0.3) is 5.91 Å². The second-order valence-electron chi connectivity index (χ2n) is 9.91. The maximum Gasteiger partial charge on any atom is 0.305 e. The number of nitrogens with one attached hydrogen (secondary N) is 1. The van der Waals surface area contributed by atoms with Crippen molar-refractivity contribution in [3.63, 3.8) is 0 Å². The van der Waals surface area contributed by atoms with E-state index in [2.05, 4.69) is 31.3 Å². The van der Waals surface area contributed by atoms with Gasteiger partial charge in [-0.25, -0.2) is 0 Å². The Bertz CT molecular complexity index is 1280. The number of nitrogens with zero attached hydrogens (tertiary/aromatic N) is 1. The van der Waals surface area contributed by atoms with Crippen LogP contribution in [0.15, 0.2) is 53.9 Å². The standard InChI is InChI=1S/C29H32N2O4S/c1-17(2)12-24(31-15-20-10-5-6-11-22(20)29(31)35)28(34)30-23(14-26(32)33)21-13-25(36-16-21)27-18(3)8-7-9-19(27)4/h5-11,13,16-17,23-24H,12,14-15H2,1-4H3,(H,30,34)(H,32,33)/t23?,24-/m0/s1. The van der Waals surface area contributed by atoms with Gasteiger partial charge in [-0.3, -0.25) is 14.4 Å². The third kappa shape index (κ3) is 5.36. The fourth-order valence-electron chi connectivity index (χ4n) is 4.91. The number of hydrogen-bond donors (Lipinski definition) is 2. The van der Waals surface area contributed by atoms with Crippen LogP contribution in [0.2, 0.25) is 0 Å². The Morgan fingerprint density at radius 1 is 1.08 bits per heavy atom. The largest absolute Gasteiger partial charge is 0.481 e. The summed E-state index contributed by atoms with van der Waals surface area (Å²) in [5.41, 5.74) is 5.71. The summed E-state index contributed by atoms with van der Waals surface area (Å²) in [6, 6.07) is 14.1. The number of carboxylic acid groups (broad SMARTS) is 1. The number of carbonyl (C=O) groups is 3. The van der Waals surface area contributed by atoms with E-state index in [9.17, 15) is 19.5 Å². The molecule has 4 rings (SSSR count). The Morgan fingerprint density at radius 3 is 2.42 bits per heavy atom. The first kappa shape index (κ1) is 25.6. The van der Waals surface area contributed by atoms with Gasteiger partial charge in [-0.05, 0) is 71.5 Å². The Hall–Kier alpha value is -3.45. The van der Waals surface area contributed by atoms with E-state index in [4.69, 9.17) is 0 Å². The van der Waals surface area contributed by atoms with Crippen LogP contribution in [0.4, 0.5) is 0 Å². The van der Waals surface area contributed by atoms with Crippen molar-refractivity contribution < 1.29 is 19.5 Å². The Labute approximate surface area is 216 Å². The molecule has 2 amide bonds. The first-order valence-corrected chi connectivity index (χ1v) is 13.1. The van der Waals surface area contributed by atoms with Gasteiger partial charge in [-0.2, -0.15) is 0 Å². The molecule has 6 nitrogen and oxygen atoms in total. The number of carboxylic acids is 1.